The highest BCUT2D eigenvalue weighted by atomic mass is 32.1. The van der Waals surface area contributed by atoms with Gasteiger partial charge in [-0.2, -0.15) is 0 Å². The molecule has 0 aliphatic rings. The summed E-state index contributed by atoms with van der Waals surface area (Å²) in [6.45, 7) is 1.66. The van der Waals surface area contributed by atoms with Crippen LogP contribution in [0.3, 0.4) is 0 Å². The Morgan fingerprint density at radius 3 is 2.83 bits per heavy atom. The largest absolute Gasteiger partial charge is 0.349 e. The van der Waals surface area contributed by atoms with Crippen molar-refractivity contribution < 1.29 is 13.6 Å². The van der Waals surface area contributed by atoms with E-state index in [1.54, 1.807) is 18.3 Å². The van der Waals surface area contributed by atoms with Crippen LogP contribution in [0.15, 0.2) is 41.1 Å². The summed E-state index contributed by atoms with van der Waals surface area (Å²) in [5.41, 5.74) is 0.926. The Labute approximate surface area is 146 Å². The van der Waals surface area contributed by atoms with Crippen LogP contribution < -0.4 is 5.32 Å². The maximum absolute atomic E-state index is 13.7. The lowest BCUT2D eigenvalue weighted by Crippen LogP contribution is -2.28. The van der Waals surface area contributed by atoms with Crippen molar-refractivity contribution >= 4 is 28.6 Å². The SMILES string of the molecule is CC(NC(=O)Cc1csc(-c2cccs2)n1)c1ccc(F)cc1F. The molecule has 3 nitrogen and oxygen atoms in total. The van der Waals surface area contributed by atoms with Gasteiger partial charge in [-0.25, -0.2) is 13.8 Å². The number of hydrogen-bond donors (Lipinski definition) is 1. The summed E-state index contributed by atoms with van der Waals surface area (Å²) in [6.07, 6.45) is 0.120. The summed E-state index contributed by atoms with van der Waals surface area (Å²) >= 11 is 3.08. The highest BCUT2D eigenvalue weighted by Gasteiger charge is 2.16. The number of rotatable bonds is 5. The fourth-order valence-corrected chi connectivity index (χ4v) is 3.92. The predicted molar refractivity (Wildman–Crippen MR) is 92.0 cm³/mol. The zero-order valence-corrected chi connectivity index (χ0v) is 14.4. The van der Waals surface area contributed by atoms with Gasteiger partial charge >= 0.3 is 0 Å². The third-order valence-corrected chi connectivity index (χ3v) is 5.36. The van der Waals surface area contributed by atoms with Gasteiger partial charge in [0, 0.05) is 17.0 Å². The molecule has 1 N–H and O–H groups in total. The van der Waals surface area contributed by atoms with E-state index in [9.17, 15) is 13.6 Å². The molecular formula is C17H14F2N2OS2. The van der Waals surface area contributed by atoms with E-state index in [0.717, 1.165) is 16.0 Å². The second-order valence-electron chi connectivity index (χ2n) is 5.25. The number of nitrogens with zero attached hydrogens (tertiary/aromatic N) is 1. The molecule has 124 valence electrons. The van der Waals surface area contributed by atoms with Crippen molar-refractivity contribution in [1.82, 2.24) is 10.3 Å². The van der Waals surface area contributed by atoms with Crippen LogP contribution in [0.5, 0.6) is 0 Å². The molecule has 0 fully saturated rings. The number of nitrogens with one attached hydrogen (secondary N) is 1. The Bertz CT molecular complexity index is 846. The van der Waals surface area contributed by atoms with E-state index in [2.05, 4.69) is 10.3 Å². The first-order valence-electron chi connectivity index (χ1n) is 7.25. The molecular weight excluding hydrogens is 350 g/mol. The van der Waals surface area contributed by atoms with Crippen molar-refractivity contribution in [3.63, 3.8) is 0 Å². The van der Waals surface area contributed by atoms with E-state index in [0.29, 0.717) is 5.69 Å². The van der Waals surface area contributed by atoms with Gasteiger partial charge in [-0.3, -0.25) is 4.79 Å². The Morgan fingerprint density at radius 1 is 1.29 bits per heavy atom. The number of benzene rings is 1. The first-order valence-corrected chi connectivity index (χ1v) is 9.01. The molecule has 3 aromatic rings. The summed E-state index contributed by atoms with van der Waals surface area (Å²) in [6, 6.07) is 6.71. The molecule has 0 saturated heterocycles. The van der Waals surface area contributed by atoms with Crippen LogP contribution >= 0.6 is 22.7 Å². The van der Waals surface area contributed by atoms with Crippen LogP contribution in [-0.2, 0) is 11.2 Å². The quantitative estimate of drug-likeness (QED) is 0.721. The number of hydrogen-bond acceptors (Lipinski definition) is 4. The molecule has 0 saturated carbocycles. The van der Waals surface area contributed by atoms with Crippen molar-refractivity contribution in [1.29, 1.82) is 0 Å². The summed E-state index contributed by atoms with van der Waals surface area (Å²) < 4.78 is 26.7. The van der Waals surface area contributed by atoms with E-state index in [1.165, 1.54) is 23.5 Å². The maximum Gasteiger partial charge on any atom is 0.226 e. The summed E-state index contributed by atoms with van der Waals surface area (Å²) in [7, 11) is 0. The minimum atomic E-state index is -0.670. The Balaban J connectivity index is 1.63. The normalized spacial score (nSPS) is 12.1. The Hall–Kier alpha value is -2.12. The molecule has 3 rings (SSSR count). The zero-order valence-electron chi connectivity index (χ0n) is 12.8. The Kier molecular flexibility index (Phi) is 5.01. The molecule has 1 aromatic carbocycles. The fraction of sp³-hybridized carbons (Fsp3) is 0.176. The van der Waals surface area contributed by atoms with Gasteiger partial charge in [0.2, 0.25) is 5.91 Å². The molecule has 1 unspecified atom stereocenters. The van der Waals surface area contributed by atoms with Gasteiger partial charge in [0.25, 0.3) is 0 Å². The summed E-state index contributed by atoms with van der Waals surface area (Å²) in [5.74, 6) is -1.57. The van der Waals surface area contributed by atoms with Crippen LogP contribution in [0.25, 0.3) is 9.88 Å². The standard InChI is InChI=1S/C17H14F2N2OS2/c1-10(13-5-4-11(18)7-14(13)19)20-16(22)8-12-9-24-17(21-12)15-3-2-6-23-15/h2-7,9-10H,8H2,1H3,(H,20,22). The number of carbonyl (C=O) groups is 1. The predicted octanol–water partition coefficient (Wildman–Crippen LogP) is 4.57. The molecule has 2 heterocycles. The van der Waals surface area contributed by atoms with Crippen LogP contribution in [0.2, 0.25) is 0 Å². The lowest BCUT2D eigenvalue weighted by atomic mass is 10.1. The molecule has 0 aliphatic heterocycles. The van der Waals surface area contributed by atoms with Crippen LogP contribution in [0.1, 0.15) is 24.2 Å². The van der Waals surface area contributed by atoms with Gasteiger partial charge in [0.1, 0.15) is 16.6 Å². The van der Waals surface area contributed by atoms with Crippen LogP contribution in [-0.4, -0.2) is 10.9 Å². The van der Waals surface area contributed by atoms with Crippen molar-refractivity contribution in [2.75, 3.05) is 0 Å². The first-order chi connectivity index (χ1) is 11.5. The van der Waals surface area contributed by atoms with Gasteiger partial charge in [-0.1, -0.05) is 12.1 Å². The average Bonchev–Trinajstić information content (AvgIpc) is 3.17. The number of thiophene rings is 1. The molecule has 0 radical (unpaired) electrons. The second-order valence-corrected chi connectivity index (χ2v) is 7.06. The van der Waals surface area contributed by atoms with Crippen LogP contribution in [0, 0.1) is 11.6 Å². The molecule has 0 bridgehead atoms. The average molecular weight is 364 g/mol. The molecule has 1 atom stereocenters. The lowest BCUT2D eigenvalue weighted by molar-refractivity contribution is -0.121. The fourth-order valence-electron chi connectivity index (χ4n) is 2.29. The van der Waals surface area contributed by atoms with E-state index in [1.807, 2.05) is 22.9 Å². The molecule has 7 heteroatoms. The van der Waals surface area contributed by atoms with Crippen LogP contribution in [0.4, 0.5) is 8.78 Å². The van der Waals surface area contributed by atoms with Crippen molar-refractivity contribution in [2.45, 2.75) is 19.4 Å². The lowest BCUT2D eigenvalue weighted by Gasteiger charge is -2.14. The number of amides is 1. The van der Waals surface area contributed by atoms with Gasteiger partial charge in [0.15, 0.2) is 0 Å². The third kappa shape index (κ3) is 3.85. The Morgan fingerprint density at radius 2 is 2.12 bits per heavy atom. The number of halogens is 2. The van der Waals surface area contributed by atoms with E-state index >= 15 is 0 Å². The second kappa shape index (κ2) is 7.19. The van der Waals surface area contributed by atoms with Crippen molar-refractivity contribution in [2.24, 2.45) is 0 Å². The van der Waals surface area contributed by atoms with Crippen molar-refractivity contribution in [3.8, 4) is 9.88 Å². The molecule has 24 heavy (non-hydrogen) atoms. The number of thiazole rings is 1. The molecule has 0 aliphatic carbocycles. The van der Waals surface area contributed by atoms with E-state index in [4.69, 9.17) is 0 Å². The molecule has 0 spiro atoms. The number of carbonyl (C=O) groups excluding carboxylic acids is 1. The number of aromatic nitrogens is 1. The monoisotopic (exact) mass is 364 g/mol. The van der Waals surface area contributed by atoms with Gasteiger partial charge in [-0.05, 0) is 24.4 Å². The topological polar surface area (TPSA) is 42.0 Å². The van der Waals surface area contributed by atoms with Crippen molar-refractivity contribution in [3.05, 3.63) is 64.0 Å². The van der Waals surface area contributed by atoms with Gasteiger partial charge < -0.3 is 5.32 Å². The summed E-state index contributed by atoms with van der Waals surface area (Å²) in [4.78, 5) is 17.6. The third-order valence-electron chi connectivity index (χ3n) is 3.43. The maximum atomic E-state index is 13.7. The first kappa shape index (κ1) is 16.7. The van der Waals surface area contributed by atoms with Gasteiger partial charge in [0.05, 0.1) is 23.0 Å². The highest BCUT2D eigenvalue weighted by Crippen LogP contribution is 2.28. The summed E-state index contributed by atoms with van der Waals surface area (Å²) in [5, 5.41) is 7.41. The zero-order chi connectivity index (χ0) is 17.1. The smallest absolute Gasteiger partial charge is 0.226 e. The minimum absolute atomic E-state index is 0.120. The van der Waals surface area contributed by atoms with E-state index in [-0.39, 0.29) is 17.9 Å². The highest BCUT2D eigenvalue weighted by molar-refractivity contribution is 7.20. The van der Waals surface area contributed by atoms with E-state index < -0.39 is 17.7 Å². The minimum Gasteiger partial charge on any atom is -0.349 e. The molecule has 1 amide bonds. The molecule has 2 aromatic heterocycles. The van der Waals surface area contributed by atoms with Gasteiger partial charge in [-0.15, -0.1) is 22.7 Å².